The molecule has 0 aromatic heterocycles. The third kappa shape index (κ3) is 3.85. The molecule has 5 nitrogen and oxygen atoms in total. The van der Waals surface area contributed by atoms with Crippen molar-refractivity contribution in [2.75, 3.05) is 18.0 Å². The fourth-order valence-electron chi connectivity index (χ4n) is 5.04. The van der Waals surface area contributed by atoms with Gasteiger partial charge in [-0.1, -0.05) is 13.3 Å². The minimum absolute atomic E-state index is 0.109. The van der Waals surface area contributed by atoms with Crippen molar-refractivity contribution in [3.8, 4) is 0 Å². The summed E-state index contributed by atoms with van der Waals surface area (Å²) in [4.78, 5) is 38.8. The van der Waals surface area contributed by atoms with Crippen molar-refractivity contribution in [1.29, 1.82) is 0 Å². The molecular formula is C23H30N2O3. The van der Waals surface area contributed by atoms with E-state index in [0.717, 1.165) is 43.0 Å². The van der Waals surface area contributed by atoms with E-state index in [-0.39, 0.29) is 29.4 Å². The standard InChI is InChI=1S/C23H30N2O3/c1-2-15-9-11-25(12-10-15)19-6-7-20-16(14-19)3-4-17(22(20)27)13-18-5-8-21(26)24-23(18)28/h6-7,14-15,17-18H,2-5,8-13H2,1H3,(H,24,26,28)/t17?,18-/m1/s1. The molecule has 4 rings (SSSR count). The van der Waals surface area contributed by atoms with Crippen LogP contribution in [0.1, 0.15) is 67.8 Å². The molecule has 2 amide bonds. The molecule has 1 aromatic rings. The largest absolute Gasteiger partial charge is 0.372 e. The zero-order chi connectivity index (χ0) is 19.7. The lowest BCUT2D eigenvalue weighted by Gasteiger charge is -2.34. The van der Waals surface area contributed by atoms with E-state index in [0.29, 0.717) is 19.3 Å². The van der Waals surface area contributed by atoms with E-state index in [1.807, 2.05) is 6.07 Å². The first-order valence-corrected chi connectivity index (χ1v) is 10.8. The molecule has 2 atom stereocenters. The molecule has 0 bridgehead atoms. The first kappa shape index (κ1) is 19.2. The Hall–Kier alpha value is -2.17. The van der Waals surface area contributed by atoms with Crippen LogP contribution >= 0.6 is 0 Å². The number of amides is 2. The number of hydrogen-bond acceptors (Lipinski definition) is 4. The number of carbonyl (C=O) groups excluding carboxylic acids is 3. The second kappa shape index (κ2) is 8.06. The highest BCUT2D eigenvalue weighted by Crippen LogP contribution is 2.34. The van der Waals surface area contributed by atoms with E-state index < -0.39 is 0 Å². The molecule has 150 valence electrons. The number of benzene rings is 1. The molecular weight excluding hydrogens is 352 g/mol. The number of piperidine rings is 2. The number of Topliss-reactive ketones (excluding diaryl/α,β-unsaturated/α-hetero) is 1. The second-order valence-electron chi connectivity index (χ2n) is 8.66. The highest BCUT2D eigenvalue weighted by Gasteiger charge is 2.34. The first-order valence-electron chi connectivity index (χ1n) is 10.8. The normalized spacial score (nSPS) is 26.2. The highest BCUT2D eigenvalue weighted by molar-refractivity contribution is 6.02. The molecule has 28 heavy (non-hydrogen) atoms. The molecule has 1 aliphatic carbocycles. The molecule has 0 radical (unpaired) electrons. The van der Waals surface area contributed by atoms with Crippen molar-refractivity contribution >= 4 is 23.3 Å². The van der Waals surface area contributed by atoms with Crippen molar-refractivity contribution in [2.45, 2.75) is 58.3 Å². The van der Waals surface area contributed by atoms with Gasteiger partial charge in [0.25, 0.3) is 0 Å². The van der Waals surface area contributed by atoms with Gasteiger partial charge in [-0.3, -0.25) is 19.7 Å². The van der Waals surface area contributed by atoms with Crippen molar-refractivity contribution in [3.05, 3.63) is 29.3 Å². The maximum absolute atomic E-state index is 13.0. The van der Waals surface area contributed by atoms with Crippen LogP contribution in [0.3, 0.4) is 0 Å². The number of rotatable bonds is 4. The van der Waals surface area contributed by atoms with E-state index in [1.54, 1.807) is 0 Å². The third-order valence-corrected chi connectivity index (χ3v) is 6.97. The molecule has 3 aliphatic rings. The Bertz CT molecular complexity index is 780. The number of nitrogens with one attached hydrogen (secondary N) is 1. The smallest absolute Gasteiger partial charge is 0.229 e. The van der Waals surface area contributed by atoms with Crippen molar-refractivity contribution in [2.24, 2.45) is 17.8 Å². The van der Waals surface area contributed by atoms with Gasteiger partial charge in [0.2, 0.25) is 11.8 Å². The van der Waals surface area contributed by atoms with Gasteiger partial charge < -0.3 is 4.90 Å². The average Bonchev–Trinajstić information content (AvgIpc) is 2.71. The van der Waals surface area contributed by atoms with Gasteiger partial charge >= 0.3 is 0 Å². The lowest BCUT2D eigenvalue weighted by atomic mass is 9.76. The van der Waals surface area contributed by atoms with Crippen molar-refractivity contribution < 1.29 is 14.4 Å². The number of aryl methyl sites for hydroxylation is 1. The first-order chi connectivity index (χ1) is 13.5. The summed E-state index contributed by atoms with van der Waals surface area (Å²) in [7, 11) is 0. The Kier molecular flexibility index (Phi) is 5.51. The van der Waals surface area contributed by atoms with Gasteiger partial charge in [0.15, 0.2) is 5.78 Å². The molecule has 5 heteroatoms. The Labute approximate surface area is 166 Å². The van der Waals surface area contributed by atoms with Crippen LogP contribution in [-0.4, -0.2) is 30.7 Å². The molecule has 2 fully saturated rings. The molecule has 0 spiro atoms. The van der Waals surface area contributed by atoms with E-state index in [4.69, 9.17) is 0 Å². The number of imide groups is 1. The summed E-state index contributed by atoms with van der Waals surface area (Å²) in [5.74, 6) is 0.290. The van der Waals surface area contributed by atoms with Crippen LogP contribution in [0.15, 0.2) is 18.2 Å². The van der Waals surface area contributed by atoms with Crippen LogP contribution in [0.4, 0.5) is 5.69 Å². The number of fused-ring (bicyclic) bond motifs is 1. The van der Waals surface area contributed by atoms with E-state index in [9.17, 15) is 14.4 Å². The summed E-state index contributed by atoms with van der Waals surface area (Å²) < 4.78 is 0. The van der Waals surface area contributed by atoms with Crippen LogP contribution in [-0.2, 0) is 16.0 Å². The average molecular weight is 383 g/mol. The van der Waals surface area contributed by atoms with Crippen LogP contribution in [0.2, 0.25) is 0 Å². The number of hydrogen-bond donors (Lipinski definition) is 1. The van der Waals surface area contributed by atoms with Crippen molar-refractivity contribution in [3.63, 3.8) is 0 Å². The summed E-state index contributed by atoms with van der Waals surface area (Å²) in [6, 6.07) is 6.30. The van der Waals surface area contributed by atoms with Crippen LogP contribution < -0.4 is 10.2 Å². The summed E-state index contributed by atoms with van der Waals surface area (Å²) >= 11 is 0. The predicted octanol–water partition coefficient (Wildman–Crippen LogP) is 3.50. The predicted molar refractivity (Wildman–Crippen MR) is 108 cm³/mol. The summed E-state index contributed by atoms with van der Waals surface area (Å²) in [5, 5.41) is 2.41. The van der Waals surface area contributed by atoms with Gasteiger partial charge in [-0.25, -0.2) is 0 Å². The van der Waals surface area contributed by atoms with Crippen molar-refractivity contribution in [1.82, 2.24) is 5.32 Å². The van der Waals surface area contributed by atoms with E-state index in [2.05, 4.69) is 29.3 Å². The molecule has 2 aliphatic heterocycles. The molecule has 0 saturated carbocycles. The molecule has 1 N–H and O–H groups in total. The topological polar surface area (TPSA) is 66.5 Å². The van der Waals surface area contributed by atoms with Gasteiger partial charge in [-0.15, -0.1) is 0 Å². The zero-order valence-electron chi connectivity index (χ0n) is 16.7. The fraction of sp³-hybridized carbons (Fsp3) is 0.609. The minimum Gasteiger partial charge on any atom is -0.372 e. The summed E-state index contributed by atoms with van der Waals surface area (Å²) in [6.45, 7) is 4.48. The lowest BCUT2D eigenvalue weighted by Crippen LogP contribution is -2.42. The van der Waals surface area contributed by atoms with Gasteiger partial charge in [0.1, 0.15) is 0 Å². The number of ketones is 1. The Balaban J connectivity index is 1.43. The summed E-state index contributed by atoms with van der Waals surface area (Å²) in [6.07, 6.45) is 6.95. The fourth-order valence-corrected chi connectivity index (χ4v) is 5.04. The quantitative estimate of drug-likeness (QED) is 0.810. The number of carbonyl (C=O) groups is 3. The van der Waals surface area contributed by atoms with E-state index in [1.165, 1.54) is 24.9 Å². The highest BCUT2D eigenvalue weighted by atomic mass is 16.2. The van der Waals surface area contributed by atoms with Gasteiger partial charge in [-0.2, -0.15) is 0 Å². The van der Waals surface area contributed by atoms with Gasteiger partial charge in [-0.05, 0) is 68.2 Å². The zero-order valence-corrected chi connectivity index (χ0v) is 16.7. The monoisotopic (exact) mass is 382 g/mol. The molecule has 1 unspecified atom stereocenters. The molecule has 1 aromatic carbocycles. The lowest BCUT2D eigenvalue weighted by molar-refractivity contribution is -0.136. The SMILES string of the molecule is CCC1CCN(c2ccc3c(c2)CCC(C[C@H]2CCC(=O)NC2=O)C3=O)CC1. The number of anilines is 1. The Morgan fingerprint density at radius 2 is 1.75 bits per heavy atom. The third-order valence-electron chi connectivity index (χ3n) is 6.97. The van der Waals surface area contributed by atoms with E-state index >= 15 is 0 Å². The number of nitrogens with zero attached hydrogens (tertiary/aromatic N) is 1. The van der Waals surface area contributed by atoms with Crippen LogP contribution in [0.5, 0.6) is 0 Å². The Morgan fingerprint density at radius 3 is 2.46 bits per heavy atom. The van der Waals surface area contributed by atoms with Gasteiger partial charge in [0, 0.05) is 42.6 Å². The van der Waals surface area contributed by atoms with Crippen LogP contribution in [0.25, 0.3) is 0 Å². The van der Waals surface area contributed by atoms with Gasteiger partial charge in [0.05, 0.1) is 0 Å². The van der Waals surface area contributed by atoms with Crippen LogP contribution in [0, 0.1) is 17.8 Å². The molecule has 2 heterocycles. The maximum Gasteiger partial charge on any atom is 0.229 e. The summed E-state index contributed by atoms with van der Waals surface area (Å²) in [5.41, 5.74) is 3.22. The Morgan fingerprint density at radius 1 is 1.00 bits per heavy atom. The minimum atomic E-state index is -0.215. The molecule has 2 saturated heterocycles. The second-order valence-corrected chi connectivity index (χ2v) is 8.66. The maximum atomic E-state index is 13.0.